The number of Topliss-reactive ketones (excluding diaryl/α,β-unsaturated/α-hetero) is 2. The van der Waals surface area contributed by atoms with Gasteiger partial charge in [0.25, 0.3) is 0 Å². The van der Waals surface area contributed by atoms with Crippen molar-refractivity contribution in [2.45, 2.75) is 72.6 Å². The first kappa shape index (κ1) is 21.7. The lowest BCUT2D eigenvalue weighted by molar-refractivity contribution is -0.133. The first-order valence-corrected chi connectivity index (χ1v) is 11.1. The van der Waals surface area contributed by atoms with Gasteiger partial charge in [0.05, 0.1) is 0 Å². The fourth-order valence-corrected chi connectivity index (χ4v) is 5.30. The number of benzene rings is 1. The largest absolute Gasteiger partial charge is 0.343 e. The molecule has 2 unspecified atom stereocenters. The van der Waals surface area contributed by atoms with E-state index in [2.05, 4.69) is 26.0 Å². The fraction of sp³-hybridized carbons (Fsp3) is 0.640. The first-order chi connectivity index (χ1) is 13.7. The number of nitrogens with zero attached hydrogens (tertiary/aromatic N) is 1. The molecule has 1 heterocycles. The second kappa shape index (κ2) is 8.81. The molecule has 29 heavy (non-hydrogen) atoms. The summed E-state index contributed by atoms with van der Waals surface area (Å²) in [4.78, 5) is 40.2. The van der Waals surface area contributed by atoms with Gasteiger partial charge in [-0.3, -0.25) is 14.4 Å². The summed E-state index contributed by atoms with van der Waals surface area (Å²) in [6, 6.07) is 4.14. The second-order valence-corrected chi connectivity index (χ2v) is 9.67. The van der Waals surface area contributed by atoms with Crippen molar-refractivity contribution in [2.24, 2.45) is 17.8 Å². The quantitative estimate of drug-likeness (QED) is 0.686. The SMILES string of the molecule is Cc1cc(C)c(C2C(=O)CC(CC3CCN(C(=O)CC(C)C)CC3)C2=O)c(C)c1. The Hall–Kier alpha value is -1.97. The van der Waals surface area contributed by atoms with E-state index in [4.69, 9.17) is 0 Å². The van der Waals surface area contributed by atoms with Crippen molar-refractivity contribution in [1.82, 2.24) is 4.90 Å². The molecule has 1 aromatic carbocycles. The summed E-state index contributed by atoms with van der Waals surface area (Å²) in [5.74, 6) is 0.523. The molecule has 0 aromatic heterocycles. The molecule has 1 aromatic rings. The summed E-state index contributed by atoms with van der Waals surface area (Å²) in [6.07, 6.45) is 3.65. The third kappa shape index (κ3) is 4.79. The van der Waals surface area contributed by atoms with Crippen LogP contribution in [0.15, 0.2) is 12.1 Å². The highest BCUT2D eigenvalue weighted by Crippen LogP contribution is 2.39. The van der Waals surface area contributed by atoms with E-state index < -0.39 is 5.92 Å². The van der Waals surface area contributed by atoms with Gasteiger partial charge in [0.15, 0.2) is 5.78 Å². The number of carbonyl (C=O) groups is 3. The topological polar surface area (TPSA) is 54.5 Å². The molecule has 0 N–H and O–H groups in total. The molecule has 1 aliphatic heterocycles. The Bertz CT molecular complexity index is 779. The van der Waals surface area contributed by atoms with Crippen LogP contribution in [0.3, 0.4) is 0 Å². The van der Waals surface area contributed by atoms with Crippen molar-refractivity contribution in [3.05, 3.63) is 34.4 Å². The zero-order chi connectivity index (χ0) is 21.3. The number of aryl methyl sites for hydroxylation is 3. The van der Waals surface area contributed by atoms with E-state index in [-0.39, 0.29) is 23.4 Å². The highest BCUT2D eigenvalue weighted by molar-refractivity contribution is 6.15. The van der Waals surface area contributed by atoms with E-state index in [1.165, 1.54) is 0 Å². The van der Waals surface area contributed by atoms with E-state index in [0.717, 1.165) is 54.6 Å². The minimum atomic E-state index is -0.576. The summed E-state index contributed by atoms with van der Waals surface area (Å²) in [6.45, 7) is 11.8. The van der Waals surface area contributed by atoms with Crippen LogP contribution >= 0.6 is 0 Å². The summed E-state index contributed by atoms with van der Waals surface area (Å²) in [5.41, 5.74) is 4.19. The summed E-state index contributed by atoms with van der Waals surface area (Å²) < 4.78 is 0. The highest BCUT2D eigenvalue weighted by Gasteiger charge is 2.44. The minimum Gasteiger partial charge on any atom is -0.343 e. The molecule has 2 atom stereocenters. The van der Waals surface area contributed by atoms with Gasteiger partial charge in [-0.15, -0.1) is 0 Å². The Morgan fingerprint density at radius 1 is 1.07 bits per heavy atom. The van der Waals surface area contributed by atoms with Crippen LogP contribution in [0.5, 0.6) is 0 Å². The van der Waals surface area contributed by atoms with Gasteiger partial charge >= 0.3 is 0 Å². The van der Waals surface area contributed by atoms with E-state index in [1.807, 2.05) is 25.7 Å². The molecule has 4 nitrogen and oxygen atoms in total. The van der Waals surface area contributed by atoms with Gasteiger partial charge < -0.3 is 4.90 Å². The fourth-order valence-electron chi connectivity index (χ4n) is 5.30. The highest BCUT2D eigenvalue weighted by atomic mass is 16.2. The van der Waals surface area contributed by atoms with Crippen LogP contribution in [0.1, 0.15) is 74.1 Å². The number of hydrogen-bond donors (Lipinski definition) is 0. The smallest absolute Gasteiger partial charge is 0.222 e. The van der Waals surface area contributed by atoms with Crippen molar-refractivity contribution >= 4 is 17.5 Å². The third-order valence-electron chi connectivity index (χ3n) is 6.65. The maximum absolute atomic E-state index is 13.2. The lowest BCUT2D eigenvalue weighted by Gasteiger charge is -2.33. The average Bonchev–Trinajstić information content (AvgIpc) is 2.89. The summed E-state index contributed by atoms with van der Waals surface area (Å²) in [5, 5.41) is 0. The third-order valence-corrected chi connectivity index (χ3v) is 6.65. The van der Waals surface area contributed by atoms with Gasteiger partial charge in [-0.25, -0.2) is 0 Å². The Kier molecular flexibility index (Phi) is 6.60. The second-order valence-electron chi connectivity index (χ2n) is 9.67. The van der Waals surface area contributed by atoms with Crippen molar-refractivity contribution < 1.29 is 14.4 Å². The normalized spacial score (nSPS) is 23.3. The monoisotopic (exact) mass is 397 g/mol. The van der Waals surface area contributed by atoms with Gasteiger partial charge in [-0.2, -0.15) is 0 Å². The van der Waals surface area contributed by atoms with Crippen molar-refractivity contribution in [1.29, 1.82) is 0 Å². The number of likely N-dealkylation sites (tertiary alicyclic amines) is 1. The molecule has 1 amide bonds. The van der Waals surface area contributed by atoms with Gasteiger partial charge in [0.2, 0.25) is 5.91 Å². The minimum absolute atomic E-state index is 0.0830. The van der Waals surface area contributed by atoms with Crippen LogP contribution in [-0.2, 0) is 14.4 Å². The molecule has 1 saturated carbocycles. The zero-order valence-corrected chi connectivity index (χ0v) is 18.6. The van der Waals surface area contributed by atoms with E-state index in [9.17, 15) is 14.4 Å². The molecule has 4 heteroatoms. The Morgan fingerprint density at radius 3 is 2.21 bits per heavy atom. The predicted octanol–water partition coefficient (Wildman–Crippen LogP) is 4.53. The number of amides is 1. The van der Waals surface area contributed by atoms with Gasteiger partial charge in [-0.05, 0) is 68.6 Å². The Morgan fingerprint density at radius 2 is 1.66 bits per heavy atom. The number of carbonyl (C=O) groups excluding carboxylic acids is 3. The standard InChI is InChI=1S/C25H35NO3/c1-15(2)10-22(28)26-8-6-19(7-9-26)13-20-14-21(27)24(25(20)29)23-17(4)11-16(3)12-18(23)5/h11-12,15,19-20,24H,6-10,13-14H2,1-5H3. The van der Waals surface area contributed by atoms with Crippen LogP contribution in [0.25, 0.3) is 0 Å². The van der Waals surface area contributed by atoms with Crippen molar-refractivity contribution in [2.75, 3.05) is 13.1 Å². The van der Waals surface area contributed by atoms with Gasteiger partial charge in [0, 0.05) is 31.8 Å². The molecule has 158 valence electrons. The molecule has 1 aliphatic carbocycles. The molecule has 3 rings (SSSR count). The molecule has 2 fully saturated rings. The van der Waals surface area contributed by atoms with Crippen LogP contribution in [0, 0.1) is 38.5 Å². The zero-order valence-electron chi connectivity index (χ0n) is 18.6. The number of piperidine rings is 1. The Balaban J connectivity index is 1.62. The predicted molar refractivity (Wildman–Crippen MR) is 115 cm³/mol. The van der Waals surface area contributed by atoms with Crippen LogP contribution in [-0.4, -0.2) is 35.5 Å². The van der Waals surface area contributed by atoms with Crippen LogP contribution < -0.4 is 0 Å². The summed E-state index contributed by atoms with van der Waals surface area (Å²) in [7, 11) is 0. The molecule has 0 radical (unpaired) electrons. The molecular weight excluding hydrogens is 362 g/mol. The lowest BCUT2D eigenvalue weighted by atomic mass is 9.83. The number of ketones is 2. The number of rotatable bonds is 5. The van der Waals surface area contributed by atoms with Crippen LogP contribution in [0.4, 0.5) is 0 Å². The van der Waals surface area contributed by atoms with Gasteiger partial charge in [-0.1, -0.05) is 31.5 Å². The first-order valence-electron chi connectivity index (χ1n) is 11.1. The van der Waals surface area contributed by atoms with Crippen molar-refractivity contribution in [3.8, 4) is 0 Å². The van der Waals surface area contributed by atoms with E-state index in [1.54, 1.807) is 0 Å². The lowest BCUT2D eigenvalue weighted by Crippen LogP contribution is -2.39. The van der Waals surface area contributed by atoms with Crippen LogP contribution in [0.2, 0.25) is 0 Å². The summed E-state index contributed by atoms with van der Waals surface area (Å²) >= 11 is 0. The Labute approximate surface area is 175 Å². The van der Waals surface area contributed by atoms with Gasteiger partial charge in [0.1, 0.15) is 11.7 Å². The molecule has 2 aliphatic rings. The average molecular weight is 398 g/mol. The van der Waals surface area contributed by atoms with E-state index in [0.29, 0.717) is 24.7 Å². The molecule has 0 bridgehead atoms. The maximum Gasteiger partial charge on any atom is 0.222 e. The molecule has 1 saturated heterocycles. The van der Waals surface area contributed by atoms with Crippen molar-refractivity contribution in [3.63, 3.8) is 0 Å². The maximum atomic E-state index is 13.2. The molecule has 0 spiro atoms. The number of hydrogen-bond acceptors (Lipinski definition) is 3. The van der Waals surface area contributed by atoms with E-state index >= 15 is 0 Å². The molecular formula is C25H35NO3.